The van der Waals surface area contributed by atoms with E-state index in [1.54, 1.807) is 27.5 Å². The van der Waals surface area contributed by atoms with Crippen molar-refractivity contribution in [2.75, 3.05) is 21.3 Å². The van der Waals surface area contributed by atoms with Crippen LogP contribution in [-0.4, -0.2) is 27.5 Å². The Balaban J connectivity index is 2.26. The molecular formula is C17H16ClNO3. The van der Waals surface area contributed by atoms with Crippen LogP contribution in [0.25, 0.3) is 0 Å². The SMILES string of the molecule is COc1ccc(OC)c(C2(OC)C=Nc3ccc(Cl)cc32)c1. The quantitative estimate of drug-likeness (QED) is 0.857. The molecule has 0 amide bonds. The lowest BCUT2D eigenvalue weighted by Gasteiger charge is -2.28. The number of hydrogen-bond acceptors (Lipinski definition) is 4. The molecule has 2 aromatic rings. The van der Waals surface area contributed by atoms with Crippen LogP contribution in [0.5, 0.6) is 11.5 Å². The molecule has 1 heterocycles. The number of aliphatic imine (C=N–C) groups is 1. The van der Waals surface area contributed by atoms with Gasteiger partial charge in [0.05, 0.1) is 19.9 Å². The molecule has 0 fully saturated rings. The van der Waals surface area contributed by atoms with Crippen LogP contribution < -0.4 is 9.47 Å². The van der Waals surface area contributed by atoms with Gasteiger partial charge in [-0.25, -0.2) is 0 Å². The maximum atomic E-state index is 6.16. The lowest BCUT2D eigenvalue weighted by Crippen LogP contribution is -2.30. The molecule has 4 nitrogen and oxygen atoms in total. The van der Waals surface area contributed by atoms with Gasteiger partial charge in [0.2, 0.25) is 0 Å². The molecule has 1 atom stereocenters. The van der Waals surface area contributed by atoms with Crippen LogP contribution >= 0.6 is 11.6 Å². The van der Waals surface area contributed by atoms with Crippen molar-refractivity contribution in [2.45, 2.75) is 5.60 Å². The lowest BCUT2D eigenvalue weighted by molar-refractivity contribution is 0.0878. The number of fused-ring (bicyclic) bond motifs is 1. The summed E-state index contributed by atoms with van der Waals surface area (Å²) in [5, 5.41) is 0.632. The smallest absolute Gasteiger partial charge is 0.159 e. The Labute approximate surface area is 134 Å². The number of methoxy groups -OCH3 is 3. The fourth-order valence-corrected chi connectivity index (χ4v) is 2.91. The van der Waals surface area contributed by atoms with Crippen LogP contribution in [0.2, 0.25) is 5.02 Å². The second kappa shape index (κ2) is 5.63. The maximum Gasteiger partial charge on any atom is 0.159 e. The number of rotatable bonds is 4. The van der Waals surface area contributed by atoms with Gasteiger partial charge in [-0.3, -0.25) is 4.99 Å². The van der Waals surface area contributed by atoms with Crippen LogP contribution in [0, 0.1) is 0 Å². The summed E-state index contributed by atoms with van der Waals surface area (Å²) in [6.45, 7) is 0. The van der Waals surface area contributed by atoms with Gasteiger partial charge < -0.3 is 14.2 Å². The monoisotopic (exact) mass is 317 g/mol. The summed E-state index contributed by atoms with van der Waals surface area (Å²) in [6.07, 6.45) is 1.77. The molecule has 0 saturated carbocycles. The Morgan fingerprint density at radius 2 is 1.77 bits per heavy atom. The van der Waals surface area contributed by atoms with Gasteiger partial charge in [0.1, 0.15) is 11.5 Å². The first-order chi connectivity index (χ1) is 10.6. The molecule has 0 radical (unpaired) electrons. The predicted molar refractivity (Wildman–Crippen MR) is 86.9 cm³/mol. The summed E-state index contributed by atoms with van der Waals surface area (Å²) in [5.41, 5.74) is 1.69. The van der Waals surface area contributed by atoms with Crippen LogP contribution in [0.3, 0.4) is 0 Å². The minimum atomic E-state index is -0.847. The highest BCUT2D eigenvalue weighted by Crippen LogP contribution is 2.46. The molecule has 1 aliphatic rings. The molecule has 22 heavy (non-hydrogen) atoms. The topological polar surface area (TPSA) is 40.0 Å². The number of halogens is 1. The second-order valence-electron chi connectivity index (χ2n) is 4.93. The second-order valence-corrected chi connectivity index (χ2v) is 5.36. The van der Waals surface area contributed by atoms with Crippen molar-refractivity contribution in [2.24, 2.45) is 4.99 Å². The zero-order valence-electron chi connectivity index (χ0n) is 12.6. The van der Waals surface area contributed by atoms with E-state index in [4.69, 9.17) is 25.8 Å². The largest absolute Gasteiger partial charge is 0.497 e. The summed E-state index contributed by atoms with van der Waals surface area (Å²) in [4.78, 5) is 4.47. The van der Waals surface area contributed by atoms with E-state index in [1.165, 1.54) is 0 Å². The average molecular weight is 318 g/mol. The third-order valence-corrected chi connectivity index (χ3v) is 4.11. The molecule has 0 aromatic heterocycles. The first kappa shape index (κ1) is 14.9. The van der Waals surface area contributed by atoms with Gasteiger partial charge in [0, 0.05) is 29.5 Å². The number of ether oxygens (including phenoxy) is 3. The molecule has 2 aromatic carbocycles. The predicted octanol–water partition coefficient (Wildman–Crippen LogP) is 3.96. The standard InChI is InChI=1S/C17H16ClNO3/c1-20-12-5-7-16(21-2)14(9-12)17(22-3)10-19-15-6-4-11(18)8-13(15)17/h4-10H,1-3H3. The minimum Gasteiger partial charge on any atom is -0.497 e. The fraction of sp³-hybridized carbons (Fsp3) is 0.235. The molecule has 0 bridgehead atoms. The zero-order chi connectivity index (χ0) is 15.7. The Morgan fingerprint density at radius 1 is 0.955 bits per heavy atom. The van der Waals surface area contributed by atoms with E-state index in [0.717, 1.165) is 22.6 Å². The molecule has 3 rings (SSSR count). The fourth-order valence-electron chi connectivity index (χ4n) is 2.74. The number of hydrogen-bond donors (Lipinski definition) is 0. The van der Waals surface area contributed by atoms with Crippen LogP contribution in [-0.2, 0) is 10.3 Å². The van der Waals surface area contributed by atoms with E-state index in [1.807, 2.05) is 36.4 Å². The molecule has 114 valence electrons. The van der Waals surface area contributed by atoms with Crippen molar-refractivity contribution >= 4 is 23.5 Å². The first-order valence-electron chi connectivity index (χ1n) is 6.77. The van der Waals surface area contributed by atoms with Gasteiger partial charge in [-0.15, -0.1) is 0 Å². The normalized spacial score (nSPS) is 19.1. The van der Waals surface area contributed by atoms with Gasteiger partial charge in [0.15, 0.2) is 5.60 Å². The van der Waals surface area contributed by atoms with E-state index in [9.17, 15) is 0 Å². The molecule has 0 saturated heterocycles. The Bertz CT molecular complexity index is 745. The number of benzene rings is 2. The van der Waals surface area contributed by atoms with Gasteiger partial charge in [-0.1, -0.05) is 11.6 Å². The highest BCUT2D eigenvalue weighted by Gasteiger charge is 2.41. The molecule has 0 N–H and O–H groups in total. The minimum absolute atomic E-state index is 0.632. The van der Waals surface area contributed by atoms with E-state index < -0.39 is 5.60 Å². The van der Waals surface area contributed by atoms with Crippen molar-refractivity contribution in [3.8, 4) is 11.5 Å². The van der Waals surface area contributed by atoms with E-state index in [2.05, 4.69) is 4.99 Å². The van der Waals surface area contributed by atoms with E-state index in [0.29, 0.717) is 10.8 Å². The van der Waals surface area contributed by atoms with Gasteiger partial charge in [-0.2, -0.15) is 0 Å². The van der Waals surface area contributed by atoms with Crippen molar-refractivity contribution in [1.29, 1.82) is 0 Å². The Kier molecular flexibility index (Phi) is 3.81. The molecule has 0 aliphatic carbocycles. The van der Waals surface area contributed by atoms with Crippen molar-refractivity contribution in [3.63, 3.8) is 0 Å². The lowest BCUT2D eigenvalue weighted by atomic mass is 9.87. The van der Waals surface area contributed by atoms with Crippen molar-refractivity contribution in [1.82, 2.24) is 0 Å². The highest BCUT2D eigenvalue weighted by molar-refractivity contribution is 6.30. The molecule has 5 heteroatoms. The van der Waals surface area contributed by atoms with Gasteiger partial charge in [-0.05, 0) is 36.4 Å². The summed E-state index contributed by atoms with van der Waals surface area (Å²) >= 11 is 6.16. The average Bonchev–Trinajstić information content (AvgIpc) is 2.93. The van der Waals surface area contributed by atoms with Crippen LogP contribution in [0.4, 0.5) is 5.69 Å². The Hall–Kier alpha value is -2.04. The van der Waals surface area contributed by atoms with Crippen LogP contribution in [0.1, 0.15) is 11.1 Å². The summed E-state index contributed by atoms with van der Waals surface area (Å²) < 4.78 is 16.7. The first-order valence-corrected chi connectivity index (χ1v) is 7.15. The van der Waals surface area contributed by atoms with Crippen molar-refractivity contribution < 1.29 is 14.2 Å². The summed E-state index contributed by atoms with van der Waals surface area (Å²) in [5.74, 6) is 1.41. The summed E-state index contributed by atoms with van der Waals surface area (Å²) in [6, 6.07) is 11.1. The molecular weight excluding hydrogens is 302 g/mol. The zero-order valence-corrected chi connectivity index (χ0v) is 13.3. The molecule has 0 spiro atoms. The summed E-state index contributed by atoms with van der Waals surface area (Å²) in [7, 11) is 4.89. The highest BCUT2D eigenvalue weighted by atomic mass is 35.5. The molecule has 1 aliphatic heterocycles. The van der Waals surface area contributed by atoms with E-state index >= 15 is 0 Å². The van der Waals surface area contributed by atoms with Crippen LogP contribution in [0.15, 0.2) is 41.4 Å². The van der Waals surface area contributed by atoms with E-state index in [-0.39, 0.29) is 0 Å². The third-order valence-electron chi connectivity index (χ3n) is 3.87. The van der Waals surface area contributed by atoms with Gasteiger partial charge in [0.25, 0.3) is 0 Å². The Morgan fingerprint density at radius 3 is 2.45 bits per heavy atom. The molecule has 1 unspecified atom stereocenters. The van der Waals surface area contributed by atoms with Crippen molar-refractivity contribution in [3.05, 3.63) is 52.5 Å². The maximum absolute atomic E-state index is 6.16. The third kappa shape index (κ3) is 2.16. The van der Waals surface area contributed by atoms with Gasteiger partial charge >= 0.3 is 0 Å². The number of nitrogens with zero attached hydrogens (tertiary/aromatic N) is 1.